The molecule has 1 aliphatic heterocycles. The maximum Gasteiger partial charge on any atom is 0.136 e. The number of nitrogens with one attached hydrogen (secondary N) is 2. The molecule has 0 amide bonds. The Balaban J connectivity index is 0.960. The van der Waals surface area contributed by atoms with Crippen LogP contribution in [0.5, 0.6) is 0 Å². The number of hydrogen-bond acceptors (Lipinski definition) is 5. The number of nitrogens with zero attached hydrogens (tertiary/aromatic N) is 1. The number of fused-ring (bicyclic) bond motifs is 7. The number of rotatable bonds is 6. The highest BCUT2D eigenvalue weighted by Gasteiger charge is 2.27. The van der Waals surface area contributed by atoms with E-state index in [0.29, 0.717) is 0 Å². The van der Waals surface area contributed by atoms with Gasteiger partial charge in [0.05, 0.1) is 0 Å². The fourth-order valence-corrected chi connectivity index (χ4v) is 9.07. The molecule has 2 unspecified atom stereocenters. The molecule has 1 aliphatic rings. The van der Waals surface area contributed by atoms with Gasteiger partial charge in [-0.1, -0.05) is 164 Å². The minimum absolute atomic E-state index is 0.198. The number of benzene rings is 9. The molecule has 5 nitrogen and oxygen atoms in total. The summed E-state index contributed by atoms with van der Waals surface area (Å²) in [4.78, 5) is 5.37. The maximum atomic E-state index is 6.57. The first-order valence-corrected chi connectivity index (χ1v) is 20.4. The Hall–Kier alpha value is -7.73. The molecule has 12 rings (SSSR count). The lowest BCUT2D eigenvalue weighted by atomic mass is 9.93. The molecule has 284 valence electrons. The highest BCUT2D eigenvalue weighted by Crippen LogP contribution is 2.42. The van der Waals surface area contributed by atoms with E-state index in [1.54, 1.807) is 0 Å². The molecule has 0 saturated carbocycles. The van der Waals surface area contributed by atoms with Crippen molar-refractivity contribution in [1.82, 2.24) is 10.6 Å². The molecule has 60 heavy (non-hydrogen) atoms. The summed E-state index contributed by atoms with van der Waals surface area (Å²) in [7, 11) is 0. The molecule has 5 heteroatoms. The maximum absolute atomic E-state index is 6.57. The van der Waals surface area contributed by atoms with Crippen LogP contribution in [0.1, 0.15) is 29.0 Å². The molecule has 0 aliphatic carbocycles. The van der Waals surface area contributed by atoms with Gasteiger partial charge in [-0.2, -0.15) is 0 Å². The van der Waals surface area contributed by atoms with Crippen molar-refractivity contribution in [3.05, 3.63) is 217 Å². The first kappa shape index (κ1) is 34.3. The third-order valence-corrected chi connectivity index (χ3v) is 12.0. The smallest absolute Gasteiger partial charge is 0.136 e. The summed E-state index contributed by atoms with van der Waals surface area (Å²) in [5, 5.41) is 14.5. The van der Waals surface area contributed by atoms with Crippen LogP contribution in [0.3, 0.4) is 0 Å². The molecule has 2 N–H and O–H groups in total. The van der Waals surface area contributed by atoms with Crippen molar-refractivity contribution < 1.29 is 8.83 Å². The van der Waals surface area contributed by atoms with E-state index in [4.69, 9.17) is 13.8 Å². The average Bonchev–Trinajstić information content (AvgIpc) is 3.90. The van der Waals surface area contributed by atoms with Gasteiger partial charge in [-0.15, -0.1) is 0 Å². The van der Waals surface area contributed by atoms with Gasteiger partial charge in [-0.05, 0) is 91.7 Å². The van der Waals surface area contributed by atoms with E-state index in [-0.39, 0.29) is 12.3 Å². The Morgan fingerprint density at radius 3 is 1.83 bits per heavy atom. The lowest BCUT2D eigenvalue weighted by Gasteiger charge is -2.33. The zero-order valence-corrected chi connectivity index (χ0v) is 32.5. The van der Waals surface area contributed by atoms with E-state index in [1.165, 1.54) is 21.9 Å². The van der Waals surface area contributed by atoms with E-state index in [0.717, 1.165) is 88.7 Å². The molecular formula is C55H37N3O2. The Morgan fingerprint density at radius 1 is 0.383 bits per heavy atom. The molecule has 3 heterocycles. The van der Waals surface area contributed by atoms with Gasteiger partial charge in [0.25, 0.3) is 0 Å². The standard InChI is InChI=1S/C55H37N3O2/c1-2-13-36(14-3-1)53-56-54(37-27-24-35(25-28-37)39-29-26-34-12-4-5-15-38(34)32-39)58-55(57-53)44-17-7-6-16-42(44)43-20-11-23-50-52(43)46-33-40(30-31-48(46)60-50)41-19-10-22-49-51(41)45-18-8-9-21-47(45)59-49/h1-33,53-54,56H,(H,57,58). The average molecular weight is 772 g/mol. The third kappa shape index (κ3) is 5.78. The van der Waals surface area contributed by atoms with Crippen LogP contribution in [0.25, 0.3) is 88.0 Å². The van der Waals surface area contributed by atoms with Gasteiger partial charge in [0.15, 0.2) is 0 Å². The molecule has 9 aromatic carbocycles. The fraction of sp³-hybridized carbons (Fsp3) is 0.0364. The number of aliphatic imine (C=N–C) groups is 1. The van der Waals surface area contributed by atoms with Crippen LogP contribution >= 0.6 is 0 Å². The lowest BCUT2D eigenvalue weighted by molar-refractivity contribution is 0.409. The largest absolute Gasteiger partial charge is 0.456 e. The Labute approximate surface area is 346 Å². The van der Waals surface area contributed by atoms with Crippen LogP contribution in [0.4, 0.5) is 0 Å². The summed E-state index contributed by atoms with van der Waals surface area (Å²) >= 11 is 0. The van der Waals surface area contributed by atoms with Gasteiger partial charge in [-0.3, -0.25) is 5.32 Å². The van der Waals surface area contributed by atoms with E-state index >= 15 is 0 Å². The number of furan rings is 2. The Bertz CT molecular complexity index is 3450. The highest BCUT2D eigenvalue weighted by molar-refractivity contribution is 6.18. The van der Waals surface area contributed by atoms with Crippen LogP contribution in [-0.4, -0.2) is 5.84 Å². The van der Waals surface area contributed by atoms with Crippen molar-refractivity contribution in [2.75, 3.05) is 0 Å². The second-order valence-corrected chi connectivity index (χ2v) is 15.5. The molecule has 0 radical (unpaired) electrons. The summed E-state index contributed by atoms with van der Waals surface area (Å²) in [5.74, 6) is 0.825. The molecule has 2 atom stereocenters. The quantitative estimate of drug-likeness (QED) is 0.177. The fourth-order valence-electron chi connectivity index (χ4n) is 9.07. The Morgan fingerprint density at radius 2 is 1.00 bits per heavy atom. The molecule has 0 bridgehead atoms. The zero-order chi connectivity index (χ0) is 39.6. The zero-order valence-electron chi connectivity index (χ0n) is 32.5. The summed E-state index contributed by atoms with van der Waals surface area (Å²) < 4.78 is 12.8. The summed E-state index contributed by atoms with van der Waals surface area (Å²) in [6, 6.07) is 70.5. The summed E-state index contributed by atoms with van der Waals surface area (Å²) in [5.41, 5.74) is 13.5. The second-order valence-electron chi connectivity index (χ2n) is 15.5. The van der Waals surface area contributed by atoms with E-state index in [2.05, 4.69) is 187 Å². The number of para-hydroxylation sites is 1. The minimum atomic E-state index is -0.268. The Kier molecular flexibility index (Phi) is 8.00. The van der Waals surface area contributed by atoms with Crippen molar-refractivity contribution in [3.63, 3.8) is 0 Å². The monoisotopic (exact) mass is 771 g/mol. The van der Waals surface area contributed by atoms with Crippen LogP contribution in [0.15, 0.2) is 214 Å². The van der Waals surface area contributed by atoms with Crippen LogP contribution in [-0.2, 0) is 0 Å². The van der Waals surface area contributed by atoms with Gasteiger partial charge >= 0.3 is 0 Å². The van der Waals surface area contributed by atoms with E-state index < -0.39 is 0 Å². The molecule has 0 spiro atoms. The van der Waals surface area contributed by atoms with Gasteiger partial charge in [0.2, 0.25) is 0 Å². The van der Waals surface area contributed by atoms with Crippen LogP contribution < -0.4 is 10.6 Å². The normalized spacial score (nSPS) is 15.5. The molecule has 0 fully saturated rings. The van der Waals surface area contributed by atoms with Gasteiger partial charge in [-0.25, -0.2) is 4.99 Å². The van der Waals surface area contributed by atoms with Crippen molar-refractivity contribution in [1.29, 1.82) is 0 Å². The van der Waals surface area contributed by atoms with Crippen molar-refractivity contribution in [3.8, 4) is 33.4 Å². The van der Waals surface area contributed by atoms with Crippen molar-refractivity contribution >= 4 is 60.5 Å². The summed E-state index contributed by atoms with van der Waals surface area (Å²) in [6.07, 6.45) is -0.466. The molecule has 0 saturated heterocycles. The van der Waals surface area contributed by atoms with Gasteiger partial charge in [0.1, 0.15) is 40.5 Å². The van der Waals surface area contributed by atoms with E-state index in [1.807, 2.05) is 24.3 Å². The van der Waals surface area contributed by atoms with Gasteiger partial charge < -0.3 is 14.2 Å². The van der Waals surface area contributed by atoms with E-state index in [9.17, 15) is 0 Å². The highest BCUT2D eigenvalue weighted by atomic mass is 16.3. The predicted octanol–water partition coefficient (Wildman–Crippen LogP) is 14.0. The second kappa shape index (κ2) is 14.0. The molecule has 2 aromatic heterocycles. The third-order valence-electron chi connectivity index (χ3n) is 12.0. The number of hydrogen-bond donors (Lipinski definition) is 2. The van der Waals surface area contributed by atoms with Crippen LogP contribution in [0.2, 0.25) is 0 Å². The SMILES string of the molecule is c1ccc(C2N=C(c3ccccc3-c3cccc4oc5ccc(-c6cccc7oc8ccccc8c67)cc5c34)NC(c3ccc(-c4ccc5ccccc5c4)cc3)N2)cc1. The van der Waals surface area contributed by atoms with Crippen LogP contribution in [0, 0.1) is 0 Å². The number of amidine groups is 1. The van der Waals surface area contributed by atoms with Crippen molar-refractivity contribution in [2.45, 2.75) is 12.3 Å². The minimum Gasteiger partial charge on any atom is -0.456 e. The first-order valence-electron chi connectivity index (χ1n) is 20.4. The molecule has 11 aromatic rings. The van der Waals surface area contributed by atoms with Crippen molar-refractivity contribution in [2.24, 2.45) is 4.99 Å². The topological polar surface area (TPSA) is 62.7 Å². The lowest BCUT2D eigenvalue weighted by Crippen LogP contribution is -2.45. The summed E-state index contributed by atoms with van der Waals surface area (Å²) in [6.45, 7) is 0. The predicted molar refractivity (Wildman–Crippen MR) is 246 cm³/mol. The first-order chi connectivity index (χ1) is 29.7. The van der Waals surface area contributed by atoms with Gasteiger partial charge in [0, 0.05) is 27.1 Å². The molecular weight excluding hydrogens is 735 g/mol.